The Morgan fingerprint density at radius 2 is 1.79 bits per heavy atom. The lowest BCUT2D eigenvalue weighted by molar-refractivity contribution is -0.140. The van der Waals surface area contributed by atoms with Gasteiger partial charge < -0.3 is 4.74 Å². The molecule has 0 spiro atoms. The van der Waals surface area contributed by atoms with Crippen LogP contribution in [0.3, 0.4) is 0 Å². The van der Waals surface area contributed by atoms with Crippen molar-refractivity contribution in [2.45, 2.75) is 26.2 Å². The van der Waals surface area contributed by atoms with E-state index in [2.05, 4.69) is 6.58 Å². The van der Waals surface area contributed by atoms with Gasteiger partial charge in [0, 0.05) is 12.8 Å². The lowest BCUT2D eigenvalue weighted by Crippen LogP contribution is -2.42. The van der Waals surface area contributed by atoms with E-state index in [-0.39, 0.29) is 18.2 Å². The van der Waals surface area contributed by atoms with Gasteiger partial charge >= 0.3 is 0 Å². The monoisotopic (exact) mass is 258 g/mol. The number of rotatable bonds is 4. The minimum absolute atomic E-state index is 0.0367. The van der Waals surface area contributed by atoms with E-state index in [1.165, 1.54) is 0 Å². The van der Waals surface area contributed by atoms with Crippen LogP contribution in [-0.2, 0) is 9.59 Å². The second-order valence-corrected chi connectivity index (χ2v) is 5.03. The molecule has 1 fully saturated rings. The van der Waals surface area contributed by atoms with E-state index in [1.807, 2.05) is 30.3 Å². The molecule has 0 radical (unpaired) electrons. The highest BCUT2D eigenvalue weighted by molar-refractivity contribution is 6.11. The molecule has 3 nitrogen and oxygen atoms in total. The molecule has 0 unspecified atom stereocenters. The Kier molecular flexibility index (Phi) is 3.84. The summed E-state index contributed by atoms with van der Waals surface area (Å²) in [6.45, 7) is 5.77. The molecule has 0 amide bonds. The molecule has 1 aliphatic rings. The van der Waals surface area contributed by atoms with Gasteiger partial charge in [0.05, 0.1) is 0 Å². The highest BCUT2D eigenvalue weighted by Crippen LogP contribution is 2.36. The van der Waals surface area contributed by atoms with E-state index in [9.17, 15) is 9.59 Å². The van der Waals surface area contributed by atoms with Gasteiger partial charge in [-0.3, -0.25) is 9.59 Å². The van der Waals surface area contributed by atoms with Crippen LogP contribution in [0.5, 0.6) is 5.75 Å². The van der Waals surface area contributed by atoms with Crippen molar-refractivity contribution in [3.63, 3.8) is 0 Å². The zero-order chi connectivity index (χ0) is 13.9. The quantitative estimate of drug-likeness (QED) is 0.616. The van der Waals surface area contributed by atoms with Gasteiger partial charge in [-0.1, -0.05) is 24.8 Å². The van der Waals surface area contributed by atoms with Gasteiger partial charge in [-0.2, -0.15) is 0 Å². The molecule has 0 N–H and O–H groups in total. The average Bonchev–Trinajstić information content (AvgIpc) is 2.43. The van der Waals surface area contributed by atoms with Gasteiger partial charge in [0.2, 0.25) is 0 Å². The van der Waals surface area contributed by atoms with Crippen molar-refractivity contribution in [3.05, 3.63) is 42.5 Å². The number of ketones is 2. The number of benzene rings is 1. The summed E-state index contributed by atoms with van der Waals surface area (Å²) < 4.78 is 5.58. The topological polar surface area (TPSA) is 43.4 Å². The van der Waals surface area contributed by atoms with Crippen molar-refractivity contribution in [3.8, 4) is 5.75 Å². The number of hydrogen-bond donors (Lipinski definition) is 0. The SMILES string of the molecule is C=C(COc1ccccc1)C1(C)C(=O)CCCC1=O. The zero-order valence-electron chi connectivity index (χ0n) is 11.1. The number of Topliss-reactive ketones (excluding diaryl/α,β-unsaturated/α-hetero) is 2. The van der Waals surface area contributed by atoms with Crippen LogP contribution in [0.2, 0.25) is 0 Å². The van der Waals surface area contributed by atoms with Crippen LogP contribution in [0.4, 0.5) is 0 Å². The van der Waals surface area contributed by atoms with Crippen LogP contribution in [0, 0.1) is 5.41 Å². The summed E-state index contributed by atoms with van der Waals surface area (Å²) in [5.41, 5.74) is -0.515. The molecule has 1 aliphatic carbocycles. The second kappa shape index (κ2) is 5.39. The van der Waals surface area contributed by atoms with Gasteiger partial charge in [-0.05, 0) is 31.1 Å². The van der Waals surface area contributed by atoms with Crippen LogP contribution in [0.1, 0.15) is 26.2 Å². The van der Waals surface area contributed by atoms with E-state index >= 15 is 0 Å². The smallest absolute Gasteiger partial charge is 0.150 e. The fraction of sp³-hybridized carbons (Fsp3) is 0.375. The number of para-hydroxylation sites is 1. The van der Waals surface area contributed by atoms with Crippen LogP contribution in [0.15, 0.2) is 42.5 Å². The Balaban J connectivity index is 2.06. The van der Waals surface area contributed by atoms with Gasteiger partial charge in [0.15, 0.2) is 0 Å². The molecule has 1 aromatic carbocycles. The van der Waals surface area contributed by atoms with Crippen molar-refractivity contribution in [2.75, 3.05) is 6.61 Å². The highest BCUT2D eigenvalue weighted by Gasteiger charge is 2.44. The summed E-state index contributed by atoms with van der Waals surface area (Å²) in [7, 11) is 0. The first-order chi connectivity index (χ1) is 9.05. The van der Waals surface area contributed by atoms with Crippen molar-refractivity contribution >= 4 is 11.6 Å². The van der Waals surface area contributed by atoms with Crippen LogP contribution < -0.4 is 4.74 Å². The van der Waals surface area contributed by atoms with Gasteiger partial charge in [-0.25, -0.2) is 0 Å². The average molecular weight is 258 g/mol. The molecule has 2 rings (SSSR count). The molecule has 19 heavy (non-hydrogen) atoms. The molecular formula is C16H18O3. The third-order valence-corrected chi connectivity index (χ3v) is 3.79. The standard InChI is InChI=1S/C16H18O3/c1-12(11-19-13-7-4-3-5-8-13)16(2)14(17)9-6-10-15(16)18/h3-5,7-8H,1,6,9-11H2,2H3. The molecule has 0 aromatic heterocycles. The molecule has 0 atom stereocenters. The number of carbonyl (C=O) groups is 2. The molecule has 1 saturated carbocycles. The van der Waals surface area contributed by atoms with Crippen molar-refractivity contribution < 1.29 is 14.3 Å². The summed E-state index contributed by atoms with van der Waals surface area (Å²) in [5.74, 6) is 0.638. The molecule has 0 heterocycles. The van der Waals surface area contributed by atoms with Crippen LogP contribution in [-0.4, -0.2) is 18.2 Å². The van der Waals surface area contributed by atoms with E-state index in [0.717, 1.165) is 0 Å². The maximum Gasteiger partial charge on any atom is 0.150 e. The first-order valence-corrected chi connectivity index (χ1v) is 6.48. The van der Waals surface area contributed by atoms with E-state index in [0.29, 0.717) is 30.6 Å². The van der Waals surface area contributed by atoms with E-state index < -0.39 is 5.41 Å². The predicted molar refractivity (Wildman–Crippen MR) is 73.0 cm³/mol. The maximum absolute atomic E-state index is 12.0. The molecule has 100 valence electrons. The van der Waals surface area contributed by atoms with Gasteiger partial charge in [0.25, 0.3) is 0 Å². The zero-order valence-corrected chi connectivity index (χ0v) is 11.1. The van der Waals surface area contributed by atoms with E-state index in [4.69, 9.17) is 4.74 Å². The molecular weight excluding hydrogens is 240 g/mol. The van der Waals surface area contributed by atoms with E-state index in [1.54, 1.807) is 6.92 Å². The third kappa shape index (κ3) is 2.60. The number of carbonyl (C=O) groups excluding carboxylic acids is 2. The Hall–Kier alpha value is -1.90. The number of ether oxygens (including phenoxy) is 1. The largest absolute Gasteiger partial charge is 0.489 e. The summed E-state index contributed by atoms with van der Waals surface area (Å²) in [6.07, 6.45) is 1.55. The Labute approximate surface area is 113 Å². The number of hydrogen-bond acceptors (Lipinski definition) is 3. The molecule has 3 heteroatoms. The van der Waals surface area contributed by atoms with Gasteiger partial charge in [0.1, 0.15) is 29.3 Å². The minimum Gasteiger partial charge on any atom is -0.489 e. The Morgan fingerprint density at radius 1 is 1.21 bits per heavy atom. The fourth-order valence-electron chi connectivity index (χ4n) is 2.29. The Morgan fingerprint density at radius 3 is 2.37 bits per heavy atom. The third-order valence-electron chi connectivity index (χ3n) is 3.79. The first-order valence-electron chi connectivity index (χ1n) is 6.48. The summed E-state index contributed by atoms with van der Waals surface area (Å²) >= 11 is 0. The summed E-state index contributed by atoms with van der Waals surface area (Å²) in [4.78, 5) is 24.1. The van der Waals surface area contributed by atoms with Gasteiger partial charge in [-0.15, -0.1) is 0 Å². The Bertz CT molecular complexity index is 486. The lowest BCUT2D eigenvalue weighted by Gasteiger charge is -2.32. The molecule has 0 saturated heterocycles. The second-order valence-electron chi connectivity index (χ2n) is 5.03. The van der Waals surface area contributed by atoms with Crippen molar-refractivity contribution in [2.24, 2.45) is 5.41 Å². The van der Waals surface area contributed by atoms with Crippen molar-refractivity contribution in [1.29, 1.82) is 0 Å². The van der Waals surface area contributed by atoms with Crippen LogP contribution >= 0.6 is 0 Å². The highest BCUT2D eigenvalue weighted by atomic mass is 16.5. The minimum atomic E-state index is -1.06. The lowest BCUT2D eigenvalue weighted by atomic mass is 9.69. The van der Waals surface area contributed by atoms with Crippen LogP contribution in [0.25, 0.3) is 0 Å². The molecule has 0 bridgehead atoms. The predicted octanol–water partition coefficient (Wildman–Crippen LogP) is 2.95. The fourth-order valence-corrected chi connectivity index (χ4v) is 2.29. The summed E-state index contributed by atoms with van der Waals surface area (Å²) in [5, 5.41) is 0. The molecule has 0 aliphatic heterocycles. The first kappa shape index (κ1) is 13.5. The van der Waals surface area contributed by atoms with Crippen molar-refractivity contribution in [1.82, 2.24) is 0 Å². The molecule has 1 aromatic rings. The summed E-state index contributed by atoms with van der Waals surface area (Å²) in [6, 6.07) is 9.31. The maximum atomic E-state index is 12.0. The normalized spacial score (nSPS) is 18.2.